The second-order valence-electron chi connectivity index (χ2n) is 5.42. The van der Waals surface area contributed by atoms with Crippen LogP contribution in [0.15, 0.2) is 18.2 Å². The fourth-order valence-corrected chi connectivity index (χ4v) is 2.89. The van der Waals surface area contributed by atoms with Gasteiger partial charge in [-0.15, -0.1) is 0 Å². The van der Waals surface area contributed by atoms with Gasteiger partial charge in [0.05, 0.1) is 0 Å². The van der Waals surface area contributed by atoms with E-state index in [0.717, 1.165) is 17.8 Å². The number of benzene rings is 1. The number of anilines is 1. The lowest BCUT2D eigenvalue weighted by atomic mass is 9.67. The van der Waals surface area contributed by atoms with Gasteiger partial charge in [0, 0.05) is 17.8 Å². The van der Waals surface area contributed by atoms with Gasteiger partial charge in [0.25, 0.3) is 0 Å². The maximum atomic E-state index is 5.79. The summed E-state index contributed by atoms with van der Waals surface area (Å²) in [4.78, 5) is 0.473. The molecule has 1 aliphatic rings. The fourth-order valence-electron chi connectivity index (χ4n) is 2.72. The molecule has 0 bridgehead atoms. The van der Waals surface area contributed by atoms with Crippen molar-refractivity contribution in [2.24, 2.45) is 11.1 Å². The van der Waals surface area contributed by atoms with Gasteiger partial charge in [0.1, 0.15) is 4.99 Å². The molecule has 0 spiro atoms. The Morgan fingerprint density at radius 3 is 2.67 bits per heavy atom. The van der Waals surface area contributed by atoms with Gasteiger partial charge in [-0.1, -0.05) is 37.7 Å². The lowest BCUT2D eigenvalue weighted by Crippen LogP contribution is -2.36. The number of thiocarbonyl (C=S) groups is 1. The molecule has 2 nitrogen and oxygen atoms in total. The van der Waals surface area contributed by atoms with Crippen molar-refractivity contribution in [1.82, 2.24) is 0 Å². The third-order valence-corrected chi connectivity index (χ3v) is 4.56. The van der Waals surface area contributed by atoms with Gasteiger partial charge in [-0.25, -0.2) is 0 Å². The Bertz CT molecular complexity index is 444. The van der Waals surface area contributed by atoms with Crippen molar-refractivity contribution in [2.45, 2.75) is 39.5 Å². The van der Waals surface area contributed by atoms with E-state index >= 15 is 0 Å². The number of hydrogen-bond acceptors (Lipinski definition) is 2. The van der Waals surface area contributed by atoms with Crippen LogP contribution in [0.2, 0.25) is 0 Å². The highest BCUT2D eigenvalue weighted by Gasteiger charge is 2.34. The standard InChI is InChI=1S/C15H22N2S/c1-3-15(8-5-9-15)10-17-13-11(2)6-4-7-12(13)14(16)18/h4,6-7,17H,3,5,8-10H2,1-2H3,(H2,16,18). The van der Waals surface area contributed by atoms with Crippen LogP contribution in [0.1, 0.15) is 43.7 Å². The monoisotopic (exact) mass is 262 g/mol. The van der Waals surface area contributed by atoms with Gasteiger partial charge in [0.2, 0.25) is 0 Å². The summed E-state index contributed by atoms with van der Waals surface area (Å²) in [5.41, 5.74) is 9.59. The summed E-state index contributed by atoms with van der Waals surface area (Å²) in [7, 11) is 0. The predicted octanol–water partition coefficient (Wildman–Crippen LogP) is 3.62. The molecule has 0 heterocycles. The zero-order valence-electron chi connectivity index (χ0n) is 11.3. The van der Waals surface area contributed by atoms with E-state index in [0.29, 0.717) is 10.4 Å². The van der Waals surface area contributed by atoms with Crippen LogP contribution in [0.5, 0.6) is 0 Å². The van der Waals surface area contributed by atoms with E-state index in [1.807, 2.05) is 12.1 Å². The SMILES string of the molecule is CCC1(CNc2c(C)cccc2C(N)=S)CCC1. The Kier molecular flexibility index (Phi) is 3.91. The normalized spacial score (nSPS) is 17.0. The van der Waals surface area contributed by atoms with Gasteiger partial charge in [0.15, 0.2) is 0 Å². The maximum Gasteiger partial charge on any atom is 0.106 e. The second kappa shape index (κ2) is 5.27. The number of rotatable bonds is 5. The van der Waals surface area contributed by atoms with Crippen molar-refractivity contribution in [3.8, 4) is 0 Å². The molecule has 98 valence electrons. The summed E-state index contributed by atoms with van der Waals surface area (Å²) in [6, 6.07) is 6.11. The van der Waals surface area contributed by atoms with Crippen LogP contribution in [-0.2, 0) is 0 Å². The van der Waals surface area contributed by atoms with E-state index in [1.54, 1.807) is 0 Å². The summed E-state index contributed by atoms with van der Waals surface area (Å²) < 4.78 is 0. The van der Waals surface area contributed by atoms with E-state index < -0.39 is 0 Å². The Morgan fingerprint density at radius 2 is 2.17 bits per heavy atom. The van der Waals surface area contributed by atoms with Gasteiger partial charge in [-0.2, -0.15) is 0 Å². The van der Waals surface area contributed by atoms with Crippen molar-refractivity contribution >= 4 is 22.9 Å². The summed E-state index contributed by atoms with van der Waals surface area (Å²) in [5, 5.41) is 3.59. The molecular weight excluding hydrogens is 240 g/mol. The third-order valence-electron chi connectivity index (χ3n) is 4.34. The molecule has 3 heteroatoms. The van der Waals surface area contributed by atoms with E-state index in [4.69, 9.17) is 18.0 Å². The van der Waals surface area contributed by atoms with Crippen LogP contribution in [-0.4, -0.2) is 11.5 Å². The molecule has 18 heavy (non-hydrogen) atoms. The highest BCUT2D eigenvalue weighted by atomic mass is 32.1. The average molecular weight is 262 g/mol. The topological polar surface area (TPSA) is 38.0 Å². The lowest BCUT2D eigenvalue weighted by Gasteiger charge is -2.42. The summed E-state index contributed by atoms with van der Waals surface area (Å²) in [5.74, 6) is 0. The zero-order valence-corrected chi connectivity index (χ0v) is 12.1. The first-order valence-electron chi connectivity index (χ1n) is 6.71. The number of hydrogen-bond donors (Lipinski definition) is 2. The van der Waals surface area contributed by atoms with Gasteiger partial charge >= 0.3 is 0 Å². The van der Waals surface area contributed by atoms with E-state index in [1.165, 1.54) is 31.2 Å². The van der Waals surface area contributed by atoms with Crippen LogP contribution >= 0.6 is 12.2 Å². The molecule has 1 fully saturated rings. The van der Waals surface area contributed by atoms with Crippen molar-refractivity contribution < 1.29 is 0 Å². The van der Waals surface area contributed by atoms with Gasteiger partial charge in [-0.3, -0.25) is 0 Å². The first-order valence-corrected chi connectivity index (χ1v) is 7.12. The Labute approximate surface area is 115 Å². The number of para-hydroxylation sites is 1. The molecule has 0 unspecified atom stereocenters. The molecule has 0 amide bonds. The number of aryl methyl sites for hydroxylation is 1. The average Bonchev–Trinajstić information content (AvgIpc) is 2.29. The first kappa shape index (κ1) is 13.3. The zero-order chi connectivity index (χ0) is 13.2. The minimum Gasteiger partial charge on any atom is -0.389 e. The molecule has 1 aromatic carbocycles. The second-order valence-corrected chi connectivity index (χ2v) is 5.86. The summed E-state index contributed by atoms with van der Waals surface area (Å²) >= 11 is 5.13. The van der Waals surface area contributed by atoms with E-state index in [9.17, 15) is 0 Å². The molecule has 0 radical (unpaired) electrons. The largest absolute Gasteiger partial charge is 0.389 e. The lowest BCUT2D eigenvalue weighted by molar-refractivity contribution is 0.145. The Hall–Kier alpha value is -1.09. The highest BCUT2D eigenvalue weighted by molar-refractivity contribution is 7.80. The van der Waals surface area contributed by atoms with Crippen LogP contribution < -0.4 is 11.1 Å². The Balaban J connectivity index is 2.15. The minimum atomic E-state index is 0.473. The minimum absolute atomic E-state index is 0.473. The van der Waals surface area contributed by atoms with Crippen molar-refractivity contribution in [3.05, 3.63) is 29.3 Å². The van der Waals surface area contributed by atoms with E-state index in [2.05, 4.69) is 25.2 Å². The van der Waals surface area contributed by atoms with Crippen LogP contribution in [0.3, 0.4) is 0 Å². The van der Waals surface area contributed by atoms with Crippen molar-refractivity contribution in [1.29, 1.82) is 0 Å². The van der Waals surface area contributed by atoms with Crippen LogP contribution in [0.25, 0.3) is 0 Å². The first-order chi connectivity index (χ1) is 8.58. The molecule has 3 N–H and O–H groups in total. The molecule has 0 aliphatic heterocycles. The number of nitrogens with one attached hydrogen (secondary N) is 1. The highest BCUT2D eigenvalue weighted by Crippen LogP contribution is 2.44. The van der Waals surface area contributed by atoms with Crippen LogP contribution in [0, 0.1) is 12.3 Å². The molecular formula is C15H22N2S. The molecule has 1 aromatic rings. The molecule has 0 saturated heterocycles. The molecule has 1 aliphatic carbocycles. The van der Waals surface area contributed by atoms with Crippen molar-refractivity contribution in [3.63, 3.8) is 0 Å². The van der Waals surface area contributed by atoms with Gasteiger partial charge in [-0.05, 0) is 43.2 Å². The smallest absolute Gasteiger partial charge is 0.106 e. The van der Waals surface area contributed by atoms with E-state index in [-0.39, 0.29) is 0 Å². The quantitative estimate of drug-likeness (QED) is 0.796. The number of nitrogens with two attached hydrogens (primary N) is 1. The Morgan fingerprint density at radius 1 is 1.44 bits per heavy atom. The summed E-state index contributed by atoms with van der Waals surface area (Å²) in [6.45, 7) is 5.42. The third kappa shape index (κ3) is 2.51. The van der Waals surface area contributed by atoms with Crippen LogP contribution in [0.4, 0.5) is 5.69 Å². The predicted molar refractivity (Wildman–Crippen MR) is 82.1 cm³/mol. The molecule has 0 atom stereocenters. The summed E-state index contributed by atoms with van der Waals surface area (Å²) in [6.07, 6.45) is 5.29. The fraction of sp³-hybridized carbons (Fsp3) is 0.533. The van der Waals surface area contributed by atoms with Crippen molar-refractivity contribution in [2.75, 3.05) is 11.9 Å². The van der Waals surface area contributed by atoms with Gasteiger partial charge < -0.3 is 11.1 Å². The molecule has 2 rings (SSSR count). The molecule has 0 aromatic heterocycles. The molecule has 1 saturated carbocycles. The maximum absolute atomic E-state index is 5.79.